The molecule has 2 rings (SSSR count). The van der Waals surface area contributed by atoms with Crippen molar-refractivity contribution in [3.8, 4) is 17.4 Å². The van der Waals surface area contributed by atoms with Crippen molar-refractivity contribution in [3.05, 3.63) is 52.2 Å². The van der Waals surface area contributed by atoms with Crippen LogP contribution in [0.2, 0.25) is 0 Å². The molecule has 0 unspecified atom stereocenters. The van der Waals surface area contributed by atoms with Gasteiger partial charge in [0.05, 0.1) is 29.7 Å². The molecule has 0 saturated heterocycles. The molecule has 0 bridgehead atoms. The van der Waals surface area contributed by atoms with Crippen molar-refractivity contribution in [1.29, 1.82) is 0 Å². The summed E-state index contributed by atoms with van der Waals surface area (Å²) in [5, 5.41) is 10.8. The zero-order valence-corrected chi connectivity index (χ0v) is 11.1. The Balaban J connectivity index is 2.26. The van der Waals surface area contributed by atoms with Gasteiger partial charge in [0.25, 0.3) is 5.69 Å². The Morgan fingerprint density at radius 2 is 1.86 bits per heavy atom. The van der Waals surface area contributed by atoms with Gasteiger partial charge >= 0.3 is 6.18 Å². The van der Waals surface area contributed by atoms with E-state index in [1.807, 2.05) is 0 Å². The van der Waals surface area contributed by atoms with Crippen LogP contribution in [0.5, 0.6) is 17.4 Å². The lowest BCUT2D eigenvalue weighted by atomic mass is 10.2. The first-order valence-electron chi connectivity index (χ1n) is 5.84. The normalized spacial score (nSPS) is 11.1. The van der Waals surface area contributed by atoms with Crippen LogP contribution in [0.15, 0.2) is 36.5 Å². The summed E-state index contributed by atoms with van der Waals surface area (Å²) < 4.78 is 47.4. The van der Waals surface area contributed by atoms with Crippen LogP contribution in [0.4, 0.5) is 18.9 Å². The molecule has 1 aromatic heterocycles. The maximum absolute atomic E-state index is 12.4. The third kappa shape index (κ3) is 3.62. The summed E-state index contributed by atoms with van der Waals surface area (Å²) in [6, 6.07) is 5.48. The fraction of sp³-hybridized carbons (Fsp3) is 0.154. The molecule has 1 heterocycles. The predicted octanol–water partition coefficient (Wildman–Crippen LogP) is 3.81. The minimum atomic E-state index is -4.50. The van der Waals surface area contributed by atoms with Crippen molar-refractivity contribution >= 4 is 5.69 Å². The van der Waals surface area contributed by atoms with Crippen LogP contribution in [-0.2, 0) is 6.18 Å². The van der Waals surface area contributed by atoms with Gasteiger partial charge in [-0.05, 0) is 6.07 Å². The van der Waals surface area contributed by atoms with Gasteiger partial charge in [-0.25, -0.2) is 4.98 Å². The minimum Gasteiger partial charge on any atom is -0.496 e. The molecule has 0 amide bonds. The van der Waals surface area contributed by atoms with E-state index in [-0.39, 0.29) is 23.1 Å². The highest BCUT2D eigenvalue weighted by atomic mass is 19.4. The topological polar surface area (TPSA) is 74.5 Å². The summed E-state index contributed by atoms with van der Waals surface area (Å²) in [4.78, 5) is 13.7. The van der Waals surface area contributed by atoms with Gasteiger partial charge < -0.3 is 9.47 Å². The molecule has 6 nitrogen and oxygen atoms in total. The number of benzene rings is 1. The van der Waals surface area contributed by atoms with E-state index in [1.165, 1.54) is 19.2 Å². The van der Waals surface area contributed by atoms with Crippen molar-refractivity contribution in [2.45, 2.75) is 6.18 Å². The van der Waals surface area contributed by atoms with Crippen LogP contribution in [0, 0.1) is 10.1 Å². The maximum atomic E-state index is 12.4. The number of aromatic nitrogens is 1. The first kappa shape index (κ1) is 15.5. The maximum Gasteiger partial charge on any atom is 0.417 e. The molecule has 116 valence electrons. The number of nitrogens with zero attached hydrogens (tertiary/aromatic N) is 2. The number of hydrogen-bond donors (Lipinski definition) is 0. The molecule has 22 heavy (non-hydrogen) atoms. The van der Waals surface area contributed by atoms with Crippen LogP contribution in [-0.4, -0.2) is 17.0 Å². The summed E-state index contributed by atoms with van der Waals surface area (Å²) in [6.45, 7) is 0. The van der Waals surface area contributed by atoms with Gasteiger partial charge in [0, 0.05) is 18.3 Å². The van der Waals surface area contributed by atoms with Gasteiger partial charge in [0.1, 0.15) is 11.5 Å². The van der Waals surface area contributed by atoms with Gasteiger partial charge in [-0.3, -0.25) is 10.1 Å². The molecule has 0 saturated carbocycles. The van der Waals surface area contributed by atoms with Crippen molar-refractivity contribution in [2.24, 2.45) is 0 Å². The number of rotatable bonds is 4. The zero-order valence-electron chi connectivity index (χ0n) is 11.1. The summed E-state index contributed by atoms with van der Waals surface area (Å²) >= 11 is 0. The Morgan fingerprint density at radius 1 is 1.18 bits per heavy atom. The quantitative estimate of drug-likeness (QED) is 0.633. The number of hydrogen-bond acceptors (Lipinski definition) is 5. The second kappa shape index (κ2) is 5.88. The van der Waals surface area contributed by atoms with Crippen LogP contribution in [0.3, 0.4) is 0 Å². The third-order valence-electron chi connectivity index (χ3n) is 2.60. The first-order valence-corrected chi connectivity index (χ1v) is 5.84. The molecular weight excluding hydrogens is 305 g/mol. The zero-order chi connectivity index (χ0) is 16.3. The molecule has 0 aliphatic carbocycles. The van der Waals surface area contributed by atoms with Gasteiger partial charge in [-0.15, -0.1) is 0 Å². The average Bonchev–Trinajstić information content (AvgIpc) is 2.46. The number of nitro benzene ring substituents is 1. The van der Waals surface area contributed by atoms with E-state index in [9.17, 15) is 23.3 Å². The van der Waals surface area contributed by atoms with Crippen molar-refractivity contribution in [2.75, 3.05) is 7.11 Å². The van der Waals surface area contributed by atoms with Crippen LogP contribution < -0.4 is 9.47 Å². The number of non-ortho nitro benzene ring substituents is 1. The molecule has 0 N–H and O–H groups in total. The Labute approximate surface area is 122 Å². The molecule has 9 heteroatoms. The summed E-state index contributed by atoms with van der Waals surface area (Å²) in [5.41, 5.74) is -1.20. The van der Waals surface area contributed by atoms with Gasteiger partial charge in [-0.2, -0.15) is 13.2 Å². The van der Waals surface area contributed by atoms with E-state index in [0.29, 0.717) is 6.20 Å². The highest BCUT2D eigenvalue weighted by Gasteiger charge is 2.30. The standard InChI is InChI=1S/C13H9F3N2O4/c1-21-10-4-9(18(19)20)5-11(6-10)22-12-3-2-8(7-17-12)13(14,15)16/h2-7H,1H3. The fourth-order valence-electron chi connectivity index (χ4n) is 1.57. The van der Waals surface area contributed by atoms with Crippen LogP contribution >= 0.6 is 0 Å². The number of methoxy groups -OCH3 is 1. The van der Waals surface area contributed by atoms with Crippen molar-refractivity contribution < 1.29 is 27.6 Å². The third-order valence-corrected chi connectivity index (χ3v) is 2.60. The molecular formula is C13H9F3N2O4. The smallest absolute Gasteiger partial charge is 0.417 e. The van der Waals surface area contributed by atoms with Gasteiger partial charge in [0.15, 0.2) is 0 Å². The molecule has 1 aromatic carbocycles. The fourth-order valence-corrected chi connectivity index (χ4v) is 1.57. The van der Waals surface area contributed by atoms with E-state index >= 15 is 0 Å². The molecule has 0 aliphatic heterocycles. The van der Waals surface area contributed by atoms with Crippen molar-refractivity contribution in [1.82, 2.24) is 4.98 Å². The minimum absolute atomic E-state index is 0.0262. The number of pyridine rings is 1. The number of ether oxygens (including phenoxy) is 2. The summed E-state index contributed by atoms with van der Waals surface area (Å²) in [6.07, 6.45) is -3.88. The number of halogens is 3. The monoisotopic (exact) mass is 314 g/mol. The Hall–Kier alpha value is -2.84. The van der Waals surface area contributed by atoms with E-state index < -0.39 is 16.7 Å². The lowest BCUT2D eigenvalue weighted by Crippen LogP contribution is -2.05. The second-order valence-electron chi connectivity index (χ2n) is 4.11. The second-order valence-corrected chi connectivity index (χ2v) is 4.11. The summed E-state index contributed by atoms with van der Waals surface area (Å²) in [7, 11) is 1.32. The Kier molecular flexibility index (Phi) is 4.15. The molecule has 0 aliphatic rings. The van der Waals surface area contributed by atoms with Gasteiger partial charge in [-0.1, -0.05) is 0 Å². The van der Waals surface area contributed by atoms with Gasteiger partial charge in [0.2, 0.25) is 5.88 Å². The Bertz CT molecular complexity index is 687. The average molecular weight is 314 g/mol. The number of alkyl halides is 3. The van der Waals surface area contributed by atoms with E-state index in [1.54, 1.807) is 0 Å². The lowest BCUT2D eigenvalue weighted by Gasteiger charge is -2.09. The highest BCUT2D eigenvalue weighted by Crippen LogP contribution is 2.32. The van der Waals surface area contributed by atoms with E-state index in [4.69, 9.17) is 9.47 Å². The molecule has 2 aromatic rings. The molecule has 0 spiro atoms. The molecule has 0 radical (unpaired) electrons. The number of nitro groups is 1. The van der Waals surface area contributed by atoms with Crippen molar-refractivity contribution in [3.63, 3.8) is 0 Å². The SMILES string of the molecule is COc1cc(Oc2ccc(C(F)(F)F)cn2)cc([N+](=O)[O-])c1. The highest BCUT2D eigenvalue weighted by molar-refractivity contribution is 5.47. The molecule has 0 fully saturated rings. The van der Waals surface area contributed by atoms with E-state index in [2.05, 4.69) is 4.98 Å². The summed E-state index contributed by atoms with van der Waals surface area (Å²) in [5.74, 6) is 0.0740. The first-order chi connectivity index (χ1) is 10.3. The van der Waals surface area contributed by atoms with E-state index in [0.717, 1.165) is 18.2 Å². The molecule has 0 atom stereocenters. The van der Waals surface area contributed by atoms with Crippen LogP contribution in [0.1, 0.15) is 5.56 Å². The van der Waals surface area contributed by atoms with Crippen LogP contribution in [0.25, 0.3) is 0 Å². The largest absolute Gasteiger partial charge is 0.496 e. The lowest BCUT2D eigenvalue weighted by molar-refractivity contribution is -0.385. The Morgan fingerprint density at radius 3 is 2.36 bits per heavy atom. The predicted molar refractivity (Wildman–Crippen MR) is 69.0 cm³/mol.